The van der Waals surface area contributed by atoms with Crippen molar-refractivity contribution < 1.29 is 9.47 Å². The minimum absolute atomic E-state index is 0.460. The second-order valence-electron chi connectivity index (χ2n) is 3.21. The van der Waals surface area contributed by atoms with Crippen molar-refractivity contribution >= 4 is 23.4 Å². The van der Waals surface area contributed by atoms with Crippen LogP contribution >= 0.6 is 23.4 Å². The van der Waals surface area contributed by atoms with Crippen molar-refractivity contribution in [1.82, 2.24) is 0 Å². The lowest BCUT2D eigenvalue weighted by Gasteiger charge is -2.18. The Morgan fingerprint density at radius 1 is 1.38 bits per heavy atom. The highest BCUT2D eigenvalue weighted by Gasteiger charge is 2.12. The second kappa shape index (κ2) is 5.33. The lowest BCUT2D eigenvalue weighted by molar-refractivity contribution is 0.171. The van der Waals surface area contributed by atoms with Gasteiger partial charge in [0.1, 0.15) is 18.6 Å². The summed E-state index contributed by atoms with van der Waals surface area (Å²) in [5.41, 5.74) is 0. The molecule has 0 saturated heterocycles. The van der Waals surface area contributed by atoms with Crippen LogP contribution in [-0.4, -0.2) is 24.3 Å². The van der Waals surface area contributed by atoms with Crippen molar-refractivity contribution in [1.29, 1.82) is 5.26 Å². The number of nitrogens with zero attached hydrogens (tertiary/aromatic N) is 1. The molecule has 1 aliphatic heterocycles. The molecule has 0 aromatic heterocycles. The number of hydrogen-bond acceptors (Lipinski definition) is 4. The second-order valence-corrected chi connectivity index (χ2v) is 4.83. The Hall–Kier alpha value is -1.05. The maximum Gasteiger partial charge on any atom is 0.162 e. The van der Waals surface area contributed by atoms with Crippen LogP contribution in [-0.2, 0) is 0 Å². The number of thioether (sulfide) groups is 1. The predicted molar refractivity (Wildman–Crippen MR) is 63.4 cm³/mol. The van der Waals surface area contributed by atoms with Crippen molar-refractivity contribution in [2.45, 2.75) is 10.3 Å². The van der Waals surface area contributed by atoms with Crippen molar-refractivity contribution in [2.75, 3.05) is 19.0 Å². The summed E-state index contributed by atoms with van der Waals surface area (Å²) >= 11 is 7.26. The van der Waals surface area contributed by atoms with Crippen molar-refractivity contribution in [3.05, 3.63) is 18.2 Å². The number of nitriles is 1. The van der Waals surface area contributed by atoms with Crippen molar-refractivity contribution in [2.24, 2.45) is 0 Å². The zero-order valence-corrected chi connectivity index (χ0v) is 10.1. The Kier molecular flexibility index (Phi) is 3.81. The Balaban J connectivity index is 2.03. The van der Waals surface area contributed by atoms with Crippen LogP contribution in [0.3, 0.4) is 0 Å². The van der Waals surface area contributed by atoms with E-state index in [4.69, 9.17) is 26.3 Å². The highest BCUT2D eigenvalue weighted by molar-refractivity contribution is 7.99. The molecule has 1 heterocycles. The van der Waals surface area contributed by atoms with E-state index < -0.39 is 5.38 Å². The minimum Gasteiger partial charge on any atom is -0.486 e. The molecule has 0 N–H and O–H groups in total. The van der Waals surface area contributed by atoms with Crippen molar-refractivity contribution in [3.63, 3.8) is 0 Å². The number of fused-ring (bicyclic) bond motifs is 1. The summed E-state index contributed by atoms with van der Waals surface area (Å²) < 4.78 is 10.9. The highest BCUT2D eigenvalue weighted by atomic mass is 35.5. The van der Waals surface area contributed by atoms with Gasteiger partial charge in [0.25, 0.3) is 0 Å². The first-order valence-corrected chi connectivity index (χ1v) is 6.28. The van der Waals surface area contributed by atoms with Gasteiger partial charge in [0, 0.05) is 10.6 Å². The molecule has 0 aliphatic carbocycles. The maximum absolute atomic E-state index is 8.56. The van der Waals surface area contributed by atoms with Gasteiger partial charge in [-0.3, -0.25) is 0 Å². The standard InChI is InChI=1S/C11H10ClNO2S/c12-8(6-13)7-16-9-1-2-10-11(5-9)15-4-3-14-10/h1-2,5,8H,3-4,7H2. The largest absolute Gasteiger partial charge is 0.486 e. The number of benzene rings is 1. The summed E-state index contributed by atoms with van der Waals surface area (Å²) in [4.78, 5) is 1.03. The molecular formula is C11H10ClNO2S. The molecule has 2 rings (SSSR count). The third-order valence-electron chi connectivity index (χ3n) is 2.05. The summed E-state index contributed by atoms with van der Waals surface area (Å²) in [6.45, 7) is 1.18. The first-order valence-electron chi connectivity index (χ1n) is 4.86. The molecular weight excluding hydrogens is 246 g/mol. The van der Waals surface area contributed by atoms with E-state index in [1.165, 1.54) is 11.8 Å². The Bertz CT molecular complexity index is 419. The predicted octanol–water partition coefficient (Wildman–Crippen LogP) is 2.68. The smallest absolute Gasteiger partial charge is 0.162 e. The molecule has 1 aliphatic rings. The molecule has 1 unspecified atom stereocenters. The molecule has 0 saturated carbocycles. The summed E-state index contributed by atoms with van der Waals surface area (Å²) in [7, 11) is 0. The van der Waals surface area contributed by atoms with Crippen LogP contribution < -0.4 is 9.47 Å². The average molecular weight is 256 g/mol. The third kappa shape index (κ3) is 2.75. The molecule has 1 aromatic carbocycles. The molecule has 84 valence electrons. The maximum atomic E-state index is 8.56. The fourth-order valence-electron chi connectivity index (χ4n) is 1.32. The Morgan fingerprint density at radius 3 is 2.88 bits per heavy atom. The first-order chi connectivity index (χ1) is 7.79. The SMILES string of the molecule is N#CC(Cl)CSc1ccc2c(c1)OCCO2. The summed E-state index contributed by atoms with van der Waals surface area (Å²) in [6, 6.07) is 7.73. The van der Waals surface area contributed by atoms with Gasteiger partial charge in [-0.25, -0.2) is 0 Å². The van der Waals surface area contributed by atoms with Gasteiger partial charge in [-0.1, -0.05) is 0 Å². The Morgan fingerprint density at radius 2 is 2.12 bits per heavy atom. The van der Waals surface area contributed by atoms with Gasteiger partial charge in [0.05, 0.1) is 6.07 Å². The number of alkyl halides is 1. The quantitative estimate of drug-likeness (QED) is 0.615. The summed E-state index contributed by atoms with van der Waals surface area (Å²) in [6.07, 6.45) is 0. The average Bonchev–Trinajstić information content (AvgIpc) is 2.35. The van der Waals surface area contributed by atoms with E-state index in [-0.39, 0.29) is 0 Å². The highest BCUT2D eigenvalue weighted by Crippen LogP contribution is 2.34. The number of halogens is 1. The lowest BCUT2D eigenvalue weighted by atomic mass is 10.3. The van der Waals surface area contributed by atoms with E-state index in [1.807, 2.05) is 24.3 Å². The van der Waals surface area contributed by atoms with Crippen LogP contribution in [0, 0.1) is 11.3 Å². The van der Waals surface area contributed by atoms with E-state index in [9.17, 15) is 0 Å². The molecule has 3 nitrogen and oxygen atoms in total. The van der Waals surface area contributed by atoms with E-state index in [1.54, 1.807) is 0 Å². The van der Waals surface area contributed by atoms with Crippen molar-refractivity contribution in [3.8, 4) is 17.6 Å². The van der Waals surface area contributed by atoms with Crippen LogP contribution in [0.2, 0.25) is 0 Å². The van der Waals surface area contributed by atoms with E-state index >= 15 is 0 Å². The molecule has 0 bridgehead atoms. The molecule has 5 heteroatoms. The van der Waals surface area contributed by atoms with Gasteiger partial charge in [-0.2, -0.15) is 5.26 Å². The Labute approximate surface area is 103 Å². The summed E-state index contributed by atoms with van der Waals surface area (Å²) in [5.74, 6) is 2.11. The fraction of sp³-hybridized carbons (Fsp3) is 0.364. The number of ether oxygens (including phenoxy) is 2. The van der Waals surface area contributed by atoms with Gasteiger partial charge in [-0.15, -0.1) is 23.4 Å². The summed E-state index contributed by atoms with van der Waals surface area (Å²) in [5, 5.41) is 8.10. The van der Waals surface area contributed by atoms with E-state index in [0.29, 0.717) is 19.0 Å². The van der Waals surface area contributed by atoms with Gasteiger partial charge < -0.3 is 9.47 Å². The zero-order valence-electron chi connectivity index (χ0n) is 8.48. The normalized spacial score (nSPS) is 15.2. The van der Waals surface area contributed by atoms with E-state index in [2.05, 4.69) is 0 Å². The van der Waals surface area contributed by atoms with Crippen LogP contribution in [0.1, 0.15) is 0 Å². The minimum atomic E-state index is -0.460. The molecule has 0 amide bonds. The van der Waals surface area contributed by atoms with Gasteiger partial charge >= 0.3 is 0 Å². The monoisotopic (exact) mass is 255 g/mol. The fourth-order valence-corrected chi connectivity index (χ4v) is 2.28. The first kappa shape index (κ1) is 11.4. The zero-order chi connectivity index (χ0) is 11.4. The number of rotatable bonds is 3. The molecule has 1 atom stereocenters. The van der Waals surface area contributed by atoms with Crippen LogP contribution in [0.15, 0.2) is 23.1 Å². The molecule has 16 heavy (non-hydrogen) atoms. The lowest BCUT2D eigenvalue weighted by Crippen LogP contribution is -2.15. The van der Waals surface area contributed by atoms with Crippen LogP contribution in [0.4, 0.5) is 0 Å². The van der Waals surface area contributed by atoms with Crippen LogP contribution in [0.25, 0.3) is 0 Å². The number of hydrogen-bond donors (Lipinski definition) is 0. The van der Waals surface area contributed by atoms with Crippen LogP contribution in [0.5, 0.6) is 11.5 Å². The van der Waals surface area contributed by atoms with Gasteiger partial charge in [-0.05, 0) is 18.2 Å². The molecule has 0 fully saturated rings. The van der Waals surface area contributed by atoms with Gasteiger partial charge in [0.15, 0.2) is 11.5 Å². The molecule has 1 aromatic rings. The third-order valence-corrected chi connectivity index (χ3v) is 3.57. The molecule has 0 radical (unpaired) electrons. The van der Waals surface area contributed by atoms with Gasteiger partial charge in [0.2, 0.25) is 0 Å². The van der Waals surface area contributed by atoms with E-state index in [0.717, 1.165) is 16.4 Å². The molecule has 0 spiro atoms. The topological polar surface area (TPSA) is 42.2 Å².